The van der Waals surface area contributed by atoms with E-state index in [9.17, 15) is 22.4 Å². The average Bonchev–Trinajstić information content (AvgIpc) is 3.11. The van der Waals surface area contributed by atoms with E-state index in [1.54, 1.807) is 18.2 Å². The van der Waals surface area contributed by atoms with Crippen molar-refractivity contribution in [2.24, 2.45) is 0 Å². The first-order chi connectivity index (χ1) is 24.0. The van der Waals surface area contributed by atoms with Crippen LogP contribution in [0.2, 0.25) is 10.0 Å². The number of hydrogen-bond acceptors (Lipinski definition) is 5. The average molecular weight is 741 g/mol. The van der Waals surface area contributed by atoms with Gasteiger partial charge in [-0.25, -0.2) is 12.8 Å². The van der Waals surface area contributed by atoms with Crippen LogP contribution in [0.1, 0.15) is 50.2 Å². The maximum Gasteiger partial charge on any atom is 0.264 e. The fourth-order valence-electron chi connectivity index (χ4n) is 6.07. The molecule has 1 fully saturated rings. The van der Waals surface area contributed by atoms with Gasteiger partial charge in [0.05, 0.1) is 17.2 Å². The van der Waals surface area contributed by atoms with Crippen LogP contribution in [0, 0.1) is 5.82 Å². The van der Waals surface area contributed by atoms with E-state index in [-0.39, 0.29) is 35.5 Å². The van der Waals surface area contributed by atoms with Crippen LogP contribution in [0.3, 0.4) is 0 Å². The third-order valence-electron chi connectivity index (χ3n) is 8.69. The van der Waals surface area contributed by atoms with E-state index >= 15 is 0 Å². The van der Waals surface area contributed by atoms with E-state index in [2.05, 4.69) is 5.32 Å². The van der Waals surface area contributed by atoms with Crippen LogP contribution in [0.25, 0.3) is 0 Å². The number of nitrogens with zero attached hydrogens (tertiary/aromatic N) is 2. The highest BCUT2D eigenvalue weighted by Gasteiger charge is 2.36. The molecule has 1 saturated carbocycles. The molecule has 12 heteroatoms. The molecule has 0 radical (unpaired) electrons. The van der Waals surface area contributed by atoms with E-state index in [1.807, 2.05) is 37.3 Å². The number of carbonyl (C=O) groups is 2. The lowest BCUT2D eigenvalue weighted by Crippen LogP contribution is -2.55. The highest BCUT2D eigenvalue weighted by Crippen LogP contribution is 2.28. The fourth-order valence-corrected chi connectivity index (χ4v) is 7.95. The molecule has 0 bridgehead atoms. The number of carbonyl (C=O) groups excluding carboxylic acids is 2. The number of benzene rings is 4. The number of amides is 2. The lowest BCUT2D eigenvalue weighted by atomic mass is 9.94. The Kier molecular flexibility index (Phi) is 12.8. The Labute approximate surface area is 303 Å². The van der Waals surface area contributed by atoms with E-state index in [1.165, 1.54) is 41.3 Å². The molecule has 2 amide bonds. The van der Waals surface area contributed by atoms with E-state index < -0.39 is 34.3 Å². The van der Waals surface area contributed by atoms with Gasteiger partial charge in [0.1, 0.15) is 24.2 Å². The van der Waals surface area contributed by atoms with E-state index in [4.69, 9.17) is 27.9 Å². The van der Waals surface area contributed by atoms with Crippen LogP contribution in [0.5, 0.6) is 5.75 Å². The molecule has 264 valence electrons. The molecule has 8 nitrogen and oxygen atoms in total. The van der Waals surface area contributed by atoms with Crippen molar-refractivity contribution >= 4 is 50.7 Å². The van der Waals surface area contributed by atoms with Gasteiger partial charge >= 0.3 is 0 Å². The Balaban J connectivity index is 1.57. The molecule has 50 heavy (non-hydrogen) atoms. The van der Waals surface area contributed by atoms with Crippen LogP contribution in [0.15, 0.2) is 102 Å². The quantitative estimate of drug-likeness (QED) is 0.142. The molecule has 4 aromatic rings. The highest BCUT2D eigenvalue weighted by molar-refractivity contribution is 7.92. The molecule has 0 aromatic heterocycles. The summed E-state index contributed by atoms with van der Waals surface area (Å²) in [5, 5.41) is 3.86. The molecule has 5 rings (SSSR count). The molecule has 4 aromatic carbocycles. The van der Waals surface area contributed by atoms with Crippen LogP contribution in [0.4, 0.5) is 10.1 Å². The van der Waals surface area contributed by atoms with Crippen molar-refractivity contribution in [1.82, 2.24) is 10.2 Å². The first-order valence-corrected chi connectivity index (χ1v) is 18.8. The highest BCUT2D eigenvalue weighted by atomic mass is 35.5. The molecule has 0 unspecified atom stereocenters. The van der Waals surface area contributed by atoms with E-state index in [0.29, 0.717) is 28.0 Å². The zero-order chi connectivity index (χ0) is 35.7. The normalized spacial score (nSPS) is 14.1. The summed E-state index contributed by atoms with van der Waals surface area (Å²) in [5.41, 5.74) is 1.41. The van der Waals surface area contributed by atoms with Crippen molar-refractivity contribution in [2.45, 2.75) is 69.0 Å². The second-order valence-corrected chi connectivity index (χ2v) is 14.9. The Hall–Kier alpha value is -4.12. The minimum absolute atomic E-state index is 0.0404. The van der Waals surface area contributed by atoms with Gasteiger partial charge in [-0.05, 0) is 91.6 Å². The minimum Gasteiger partial charge on any atom is -0.494 e. The van der Waals surface area contributed by atoms with Crippen molar-refractivity contribution in [3.05, 3.63) is 124 Å². The minimum atomic E-state index is -4.38. The predicted octanol–water partition coefficient (Wildman–Crippen LogP) is 7.82. The zero-order valence-electron chi connectivity index (χ0n) is 27.7. The van der Waals surface area contributed by atoms with Gasteiger partial charge in [0, 0.05) is 29.1 Å². The number of ether oxygens (including phenoxy) is 1. The summed E-state index contributed by atoms with van der Waals surface area (Å²) >= 11 is 12.8. The lowest BCUT2D eigenvalue weighted by molar-refractivity contribution is -0.140. The van der Waals surface area contributed by atoms with Gasteiger partial charge in [0.2, 0.25) is 11.8 Å². The first kappa shape index (κ1) is 37.1. The summed E-state index contributed by atoms with van der Waals surface area (Å²) in [5.74, 6) is -1.09. The van der Waals surface area contributed by atoms with Gasteiger partial charge in [-0.1, -0.05) is 78.9 Å². The van der Waals surface area contributed by atoms with Gasteiger partial charge in [-0.15, -0.1) is 0 Å². The Morgan fingerprint density at radius 1 is 0.920 bits per heavy atom. The largest absolute Gasteiger partial charge is 0.494 e. The summed E-state index contributed by atoms with van der Waals surface area (Å²) in [6.07, 6.45) is 4.92. The van der Waals surface area contributed by atoms with Crippen molar-refractivity contribution in [2.75, 3.05) is 17.5 Å². The second kappa shape index (κ2) is 17.2. The predicted molar refractivity (Wildman–Crippen MR) is 195 cm³/mol. The topological polar surface area (TPSA) is 96.0 Å². The van der Waals surface area contributed by atoms with Gasteiger partial charge in [0.25, 0.3) is 10.0 Å². The third-order valence-corrected chi connectivity index (χ3v) is 11.1. The maximum atomic E-state index is 14.7. The molecule has 0 heterocycles. The Morgan fingerprint density at radius 2 is 1.60 bits per heavy atom. The summed E-state index contributed by atoms with van der Waals surface area (Å²) in [6, 6.07) is 23.8. The molecule has 0 saturated heterocycles. The van der Waals surface area contributed by atoms with Crippen molar-refractivity contribution < 1.29 is 27.1 Å². The zero-order valence-corrected chi connectivity index (χ0v) is 30.1. The monoisotopic (exact) mass is 739 g/mol. The number of anilines is 1. The molecular formula is C38H40Cl2FN3O5S. The summed E-state index contributed by atoms with van der Waals surface area (Å²) < 4.78 is 49.0. The summed E-state index contributed by atoms with van der Waals surface area (Å²) in [6.45, 7) is 1.42. The van der Waals surface area contributed by atoms with Crippen LogP contribution in [-0.4, -0.2) is 50.4 Å². The van der Waals surface area contributed by atoms with Gasteiger partial charge in [-0.3, -0.25) is 13.9 Å². The maximum absolute atomic E-state index is 14.7. The van der Waals surface area contributed by atoms with Gasteiger partial charge < -0.3 is 15.0 Å². The number of halogens is 3. The molecule has 0 spiro atoms. The van der Waals surface area contributed by atoms with Crippen LogP contribution < -0.4 is 14.4 Å². The van der Waals surface area contributed by atoms with Gasteiger partial charge in [-0.2, -0.15) is 0 Å². The number of sulfonamides is 1. The van der Waals surface area contributed by atoms with Crippen molar-refractivity contribution in [3.8, 4) is 5.75 Å². The number of rotatable bonds is 14. The number of hydrogen-bond donors (Lipinski definition) is 1. The standard InChI is InChI=1S/C38H40Cl2FN3O5S/c1-2-49-33-19-21-34(22-20-33)50(47,48)44(32-17-15-30(41)16-18-32)26-37(45)43(25-28-13-14-29(39)24-35(28)40)36(23-27-9-5-3-6-10-27)38(46)42-31-11-7-4-8-12-31/h3,5-6,9-10,13-22,24,31,36H,2,4,7-8,11-12,23,25-26H2,1H3,(H,42,46)/t36-/m1/s1. The van der Waals surface area contributed by atoms with Crippen LogP contribution in [-0.2, 0) is 32.6 Å². The fraction of sp³-hybridized carbons (Fsp3) is 0.316. The van der Waals surface area contributed by atoms with Crippen molar-refractivity contribution in [3.63, 3.8) is 0 Å². The third kappa shape index (κ3) is 9.56. The molecule has 1 aliphatic rings. The Morgan fingerprint density at radius 3 is 2.24 bits per heavy atom. The molecule has 0 aliphatic heterocycles. The van der Waals surface area contributed by atoms with Crippen LogP contribution >= 0.6 is 23.2 Å². The van der Waals surface area contributed by atoms with Gasteiger partial charge in [0.15, 0.2) is 0 Å². The molecule has 1 aliphatic carbocycles. The smallest absolute Gasteiger partial charge is 0.264 e. The summed E-state index contributed by atoms with van der Waals surface area (Å²) in [4.78, 5) is 30.2. The first-order valence-electron chi connectivity index (χ1n) is 16.6. The molecular weight excluding hydrogens is 700 g/mol. The second-order valence-electron chi connectivity index (χ2n) is 12.2. The SMILES string of the molecule is CCOc1ccc(S(=O)(=O)N(CC(=O)N(Cc2ccc(Cl)cc2Cl)[C@H](Cc2ccccc2)C(=O)NC2CCCCC2)c2ccc(F)cc2)cc1. The summed E-state index contributed by atoms with van der Waals surface area (Å²) in [7, 11) is -4.38. The lowest BCUT2D eigenvalue weighted by Gasteiger charge is -2.35. The molecule has 1 atom stereocenters. The molecule has 1 N–H and O–H groups in total. The van der Waals surface area contributed by atoms with Crippen molar-refractivity contribution in [1.29, 1.82) is 0 Å². The number of nitrogens with one attached hydrogen (secondary N) is 1. The van der Waals surface area contributed by atoms with E-state index in [0.717, 1.165) is 54.1 Å². The Bertz CT molecular complexity index is 1860.